The summed E-state index contributed by atoms with van der Waals surface area (Å²) in [6, 6.07) is 7.33. The fraction of sp³-hybridized carbons (Fsp3) is 0.391. The van der Waals surface area contributed by atoms with Crippen LogP contribution in [0.5, 0.6) is 0 Å². The van der Waals surface area contributed by atoms with E-state index in [-0.39, 0.29) is 48.8 Å². The summed E-state index contributed by atoms with van der Waals surface area (Å²) in [7, 11) is -5.79. The summed E-state index contributed by atoms with van der Waals surface area (Å²) < 4.78 is 70.1. The number of carbonyl (C=O) groups is 1. The van der Waals surface area contributed by atoms with Crippen LogP contribution in [0.4, 0.5) is 10.2 Å². The maximum atomic E-state index is 13.3. The molecule has 0 aliphatic heterocycles. The third-order valence-electron chi connectivity index (χ3n) is 5.75. The Labute approximate surface area is 210 Å². The number of nitrogens with two attached hydrogens (primary N) is 1. The van der Waals surface area contributed by atoms with Crippen molar-refractivity contribution in [2.45, 2.75) is 26.2 Å². The second-order valence-electron chi connectivity index (χ2n) is 8.52. The van der Waals surface area contributed by atoms with Crippen LogP contribution >= 0.6 is 0 Å². The third kappa shape index (κ3) is 6.20. The van der Waals surface area contributed by atoms with Crippen molar-refractivity contribution in [2.24, 2.45) is 5.73 Å². The number of fused-ring (bicyclic) bond motifs is 1. The van der Waals surface area contributed by atoms with Gasteiger partial charge in [0.25, 0.3) is 5.91 Å². The van der Waals surface area contributed by atoms with Gasteiger partial charge >= 0.3 is 0 Å². The van der Waals surface area contributed by atoms with Gasteiger partial charge in [0.15, 0.2) is 0 Å². The molecule has 36 heavy (non-hydrogen) atoms. The van der Waals surface area contributed by atoms with Crippen molar-refractivity contribution < 1.29 is 30.4 Å². The fourth-order valence-corrected chi connectivity index (χ4v) is 5.19. The summed E-state index contributed by atoms with van der Waals surface area (Å²) in [6.45, 7) is 1.91. The van der Waals surface area contributed by atoms with Crippen LogP contribution in [-0.2, 0) is 32.9 Å². The van der Waals surface area contributed by atoms with E-state index in [4.69, 9.17) is 10.2 Å². The van der Waals surface area contributed by atoms with Crippen molar-refractivity contribution in [3.8, 4) is 0 Å². The molecule has 1 amide bonds. The van der Waals surface area contributed by atoms with Gasteiger partial charge in [0, 0.05) is 26.6 Å². The molecule has 10 nitrogen and oxygen atoms in total. The lowest BCUT2D eigenvalue weighted by Gasteiger charge is -2.24. The molecule has 3 aromatic rings. The number of halogens is 1. The predicted octanol–water partition coefficient (Wildman–Crippen LogP) is 2.27. The van der Waals surface area contributed by atoms with Crippen molar-refractivity contribution in [1.29, 1.82) is 0 Å². The molecule has 2 aromatic heterocycles. The number of hydrogen-bond acceptors (Lipinski definition) is 7. The van der Waals surface area contributed by atoms with E-state index in [0.717, 1.165) is 21.1 Å². The Bertz CT molecular complexity index is 1490. The van der Waals surface area contributed by atoms with Crippen LogP contribution in [-0.4, -0.2) is 64.7 Å². The molecule has 0 saturated heterocycles. The highest BCUT2D eigenvalue weighted by Crippen LogP contribution is 2.32. The van der Waals surface area contributed by atoms with E-state index in [9.17, 15) is 26.0 Å². The second-order valence-corrected chi connectivity index (χ2v) is 12.5. The zero-order valence-corrected chi connectivity index (χ0v) is 22.1. The normalized spacial score (nSPS) is 12.4. The van der Waals surface area contributed by atoms with E-state index < -0.39 is 31.8 Å². The molecule has 0 fully saturated rings. The summed E-state index contributed by atoms with van der Waals surface area (Å²) in [5.74, 6) is -0.767. The van der Waals surface area contributed by atoms with Crippen molar-refractivity contribution in [3.05, 3.63) is 58.6 Å². The Morgan fingerprint density at radius 1 is 1.08 bits per heavy atom. The molecule has 0 aliphatic rings. The summed E-state index contributed by atoms with van der Waals surface area (Å²) in [4.78, 5) is 16.8. The number of anilines is 1. The number of aromatic nitrogens is 1. The molecular weight excluding hydrogens is 511 g/mol. The Kier molecular flexibility index (Phi) is 8.06. The number of furan rings is 1. The van der Waals surface area contributed by atoms with Gasteiger partial charge in [-0.1, -0.05) is 19.1 Å². The zero-order chi connectivity index (χ0) is 26.8. The first-order valence-electron chi connectivity index (χ1n) is 11.1. The van der Waals surface area contributed by atoms with Gasteiger partial charge in [-0.25, -0.2) is 25.5 Å². The molecular formula is C23H29FN4O6S2. The molecule has 3 rings (SSSR count). The summed E-state index contributed by atoms with van der Waals surface area (Å²) >= 11 is 0. The van der Waals surface area contributed by atoms with Crippen LogP contribution in [0.1, 0.15) is 40.6 Å². The number of sulfonamides is 2. The topological polar surface area (TPSA) is 144 Å². The highest BCUT2D eigenvalue weighted by Gasteiger charge is 2.27. The van der Waals surface area contributed by atoms with Gasteiger partial charge in [-0.15, -0.1) is 0 Å². The summed E-state index contributed by atoms with van der Waals surface area (Å²) in [5.41, 5.74) is 7.03. The smallest absolute Gasteiger partial charge is 0.252 e. The van der Waals surface area contributed by atoms with Gasteiger partial charge in [-0.3, -0.25) is 9.10 Å². The minimum absolute atomic E-state index is 0.0178. The third-order valence-corrected chi connectivity index (χ3v) is 8.22. The monoisotopic (exact) mass is 540 g/mol. The van der Waals surface area contributed by atoms with Crippen molar-refractivity contribution in [3.63, 3.8) is 0 Å². The first-order chi connectivity index (χ1) is 16.7. The lowest BCUT2D eigenvalue weighted by Crippen LogP contribution is -2.35. The standard InChI is InChI=1S/C23H29FN4O6S2/c1-5-16-14-18-20(21(25)29)19(13-15-7-9-17(24)10-8-15)34-23(18)26-22(16)28(36(4,32)33)12-6-11-27(2)35(3,30)31/h7-10,14H,5-6,11-13H2,1-4H3,(H2,25,29). The number of carbonyl (C=O) groups excluding carboxylic acids is 1. The predicted molar refractivity (Wildman–Crippen MR) is 135 cm³/mol. The van der Waals surface area contributed by atoms with Gasteiger partial charge in [-0.05, 0) is 42.2 Å². The highest BCUT2D eigenvalue weighted by molar-refractivity contribution is 7.92. The molecule has 0 unspecified atom stereocenters. The van der Waals surface area contributed by atoms with E-state index in [0.29, 0.717) is 22.9 Å². The van der Waals surface area contributed by atoms with Crippen LogP contribution in [0.3, 0.4) is 0 Å². The van der Waals surface area contributed by atoms with E-state index in [1.807, 2.05) is 6.92 Å². The number of rotatable bonds is 11. The summed E-state index contributed by atoms with van der Waals surface area (Å²) in [5, 5.41) is 0.352. The van der Waals surface area contributed by atoms with Crippen LogP contribution in [0, 0.1) is 5.82 Å². The SMILES string of the molecule is CCc1cc2c(C(N)=O)c(Cc3ccc(F)cc3)oc2nc1N(CCCN(C)S(C)(=O)=O)S(C)(=O)=O. The molecule has 0 radical (unpaired) electrons. The zero-order valence-electron chi connectivity index (χ0n) is 20.5. The maximum Gasteiger partial charge on any atom is 0.252 e. The second kappa shape index (κ2) is 10.5. The van der Waals surface area contributed by atoms with Gasteiger partial charge in [-0.2, -0.15) is 4.98 Å². The largest absolute Gasteiger partial charge is 0.441 e. The first-order valence-corrected chi connectivity index (χ1v) is 14.8. The van der Waals surface area contributed by atoms with E-state index in [2.05, 4.69) is 4.98 Å². The number of primary amides is 1. The Morgan fingerprint density at radius 2 is 1.72 bits per heavy atom. The lowest BCUT2D eigenvalue weighted by atomic mass is 10.0. The number of hydrogen-bond donors (Lipinski definition) is 1. The molecule has 1 aromatic carbocycles. The van der Waals surface area contributed by atoms with Crippen LogP contribution in [0.15, 0.2) is 34.7 Å². The minimum atomic E-state index is -3.79. The van der Waals surface area contributed by atoms with Gasteiger partial charge < -0.3 is 10.2 Å². The highest BCUT2D eigenvalue weighted by atomic mass is 32.2. The lowest BCUT2D eigenvalue weighted by molar-refractivity contribution is 0.1000. The molecule has 0 spiro atoms. The molecule has 0 bridgehead atoms. The number of amides is 1. The number of benzene rings is 1. The Hall–Kier alpha value is -3.03. The molecule has 13 heteroatoms. The summed E-state index contributed by atoms with van der Waals surface area (Å²) in [6.07, 6.45) is 2.88. The van der Waals surface area contributed by atoms with Crippen molar-refractivity contribution in [1.82, 2.24) is 9.29 Å². The van der Waals surface area contributed by atoms with Gasteiger partial charge in [0.1, 0.15) is 17.4 Å². The van der Waals surface area contributed by atoms with Crippen molar-refractivity contribution >= 4 is 42.9 Å². The number of aryl methyl sites for hydroxylation is 1. The Morgan fingerprint density at radius 3 is 2.25 bits per heavy atom. The van der Waals surface area contributed by atoms with Crippen LogP contribution in [0.25, 0.3) is 11.1 Å². The van der Waals surface area contributed by atoms with Crippen molar-refractivity contribution in [2.75, 3.05) is 37.0 Å². The molecule has 2 N–H and O–H groups in total. The molecule has 2 heterocycles. The molecule has 196 valence electrons. The number of pyridine rings is 1. The fourth-order valence-electron chi connectivity index (χ4n) is 3.79. The van der Waals surface area contributed by atoms with E-state index in [1.54, 1.807) is 18.2 Å². The molecule has 0 aliphatic carbocycles. The quantitative estimate of drug-likeness (QED) is 0.393. The Balaban J connectivity index is 2.06. The first kappa shape index (κ1) is 27.6. The maximum absolute atomic E-state index is 13.3. The number of nitrogens with zero attached hydrogens (tertiary/aromatic N) is 3. The molecule has 0 saturated carbocycles. The average Bonchev–Trinajstić information content (AvgIpc) is 3.12. The van der Waals surface area contributed by atoms with Crippen LogP contribution in [0.2, 0.25) is 0 Å². The van der Waals surface area contributed by atoms with E-state index in [1.165, 1.54) is 19.2 Å². The van der Waals surface area contributed by atoms with Gasteiger partial charge in [0.05, 0.1) is 23.5 Å². The van der Waals surface area contributed by atoms with Crippen LogP contribution < -0.4 is 10.0 Å². The van der Waals surface area contributed by atoms with Gasteiger partial charge in [0.2, 0.25) is 25.8 Å². The average molecular weight is 541 g/mol. The minimum Gasteiger partial charge on any atom is -0.441 e. The molecule has 0 atom stereocenters. The van der Waals surface area contributed by atoms with E-state index >= 15 is 0 Å².